The van der Waals surface area contributed by atoms with Crippen molar-refractivity contribution in [3.63, 3.8) is 0 Å². The molecule has 0 radical (unpaired) electrons. The lowest BCUT2D eigenvalue weighted by atomic mass is 9.67. The second-order valence-corrected chi connectivity index (χ2v) is 6.60. The second-order valence-electron chi connectivity index (χ2n) is 6.60. The van der Waals surface area contributed by atoms with Crippen LogP contribution in [0, 0.1) is 17.3 Å². The summed E-state index contributed by atoms with van der Waals surface area (Å²) in [4.78, 5) is 0. The van der Waals surface area contributed by atoms with Crippen molar-refractivity contribution >= 4 is 0 Å². The molecule has 18 heavy (non-hydrogen) atoms. The molecule has 1 fully saturated rings. The topological polar surface area (TPSA) is 0 Å². The van der Waals surface area contributed by atoms with E-state index in [9.17, 15) is 0 Å². The number of rotatable bonds is 8. The lowest BCUT2D eigenvalue weighted by Crippen LogP contribution is -2.26. The van der Waals surface area contributed by atoms with Crippen LogP contribution in [0.1, 0.15) is 85.5 Å². The van der Waals surface area contributed by atoms with Gasteiger partial charge in [0.15, 0.2) is 0 Å². The fourth-order valence-electron chi connectivity index (χ4n) is 3.80. The van der Waals surface area contributed by atoms with Crippen LogP contribution in [-0.4, -0.2) is 0 Å². The largest absolute Gasteiger partial charge is 0.0990 e. The highest BCUT2D eigenvalue weighted by Crippen LogP contribution is 2.46. The molecule has 0 nitrogen and oxygen atoms in total. The predicted octanol–water partition coefficient (Wildman–Crippen LogP) is 6.37. The average Bonchev–Trinajstić information content (AvgIpc) is 2.90. The maximum absolute atomic E-state index is 4.57. The van der Waals surface area contributed by atoms with Crippen molar-refractivity contribution in [2.24, 2.45) is 17.3 Å². The van der Waals surface area contributed by atoms with Crippen LogP contribution in [-0.2, 0) is 0 Å². The minimum atomic E-state index is 0.388. The van der Waals surface area contributed by atoms with Crippen LogP contribution >= 0.6 is 0 Å². The molecule has 2 unspecified atom stereocenters. The maximum Gasteiger partial charge on any atom is -0.0119 e. The predicted molar refractivity (Wildman–Crippen MR) is 82.8 cm³/mol. The standard InChI is InChI=1S/C18H34/c1-6-9-14-18(5,8-3)15(4)17(7-2)16-12-10-11-13-16/h16-17H,4,6-14H2,1-3,5H3. The van der Waals surface area contributed by atoms with Crippen molar-refractivity contribution in [1.29, 1.82) is 0 Å². The molecule has 1 rings (SSSR count). The van der Waals surface area contributed by atoms with Crippen molar-refractivity contribution < 1.29 is 0 Å². The molecule has 0 spiro atoms. The third kappa shape index (κ3) is 3.62. The zero-order valence-corrected chi connectivity index (χ0v) is 13.2. The number of hydrogen-bond donors (Lipinski definition) is 0. The molecule has 0 heteroatoms. The Bertz CT molecular complexity index is 247. The van der Waals surface area contributed by atoms with Crippen molar-refractivity contribution in [3.8, 4) is 0 Å². The van der Waals surface area contributed by atoms with Gasteiger partial charge in [-0.2, -0.15) is 0 Å². The van der Waals surface area contributed by atoms with E-state index in [4.69, 9.17) is 0 Å². The SMILES string of the molecule is C=C(C(CC)C1CCCC1)C(C)(CC)CCCC. The Balaban J connectivity index is 2.72. The molecule has 0 aromatic heterocycles. The van der Waals surface area contributed by atoms with Gasteiger partial charge in [-0.05, 0) is 49.4 Å². The third-order valence-electron chi connectivity index (χ3n) is 5.49. The summed E-state index contributed by atoms with van der Waals surface area (Å²) in [6.45, 7) is 14.0. The fourth-order valence-corrected chi connectivity index (χ4v) is 3.80. The van der Waals surface area contributed by atoms with Gasteiger partial charge >= 0.3 is 0 Å². The van der Waals surface area contributed by atoms with E-state index in [-0.39, 0.29) is 0 Å². The number of hydrogen-bond acceptors (Lipinski definition) is 0. The van der Waals surface area contributed by atoms with E-state index in [0.717, 1.165) is 11.8 Å². The maximum atomic E-state index is 4.57. The van der Waals surface area contributed by atoms with Crippen molar-refractivity contribution in [2.75, 3.05) is 0 Å². The van der Waals surface area contributed by atoms with Crippen LogP contribution in [0.2, 0.25) is 0 Å². The monoisotopic (exact) mass is 250 g/mol. The lowest BCUT2D eigenvalue weighted by molar-refractivity contribution is 0.259. The van der Waals surface area contributed by atoms with Gasteiger partial charge in [0.1, 0.15) is 0 Å². The van der Waals surface area contributed by atoms with E-state index in [1.807, 2.05) is 0 Å². The first kappa shape index (κ1) is 15.8. The summed E-state index contributed by atoms with van der Waals surface area (Å²) < 4.78 is 0. The minimum absolute atomic E-state index is 0.388. The van der Waals surface area contributed by atoms with Gasteiger partial charge in [0.05, 0.1) is 0 Å². The molecule has 0 aromatic carbocycles. The summed E-state index contributed by atoms with van der Waals surface area (Å²) in [6, 6.07) is 0. The molecular weight excluding hydrogens is 216 g/mol. The van der Waals surface area contributed by atoms with E-state index >= 15 is 0 Å². The Morgan fingerprint density at radius 2 is 1.83 bits per heavy atom. The first-order valence-corrected chi connectivity index (χ1v) is 8.28. The zero-order chi connectivity index (χ0) is 13.6. The van der Waals surface area contributed by atoms with E-state index < -0.39 is 0 Å². The van der Waals surface area contributed by atoms with Crippen molar-refractivity contribution in [1.82, 2.24) is 0 Å². The molecule has 1 aliphatic rings. The Kier molecular flexibility index (Phi) is 6.46. The summed E-state index contributed by atoms with van der Waals surface area (Å²) in [5.74, 6) is 1.73. The zero-order valence-electron chi connectivity index (χ0n) is 13.2. The molecule has 0 bridgehead atoms. The molecular formula is C18H34. The van der Waals surface area contributed by atoms with Gasteiger partial charge in [-0.15, -0.1) is 0 Å². The molecule has 0 N–H and O–H groups in total. The van der Waals surface area contributed by atoms with Gasteiger partial charge in [0.2, 0.25) is 0 Å². The highest BCUT2D eigenvalue weighted by Gasteiger charge is 2.34. The summed E-state index contributed by atoms with van der Waals surface area (Å²) in [5.41, 5.74) is 1.96. The smallest absolute Gasteiger partial charge is 0.0119 e. The van der Waals surface area contributed by atoms with Gasteiger partial charge in [0, 0.05) is 0 Å². The molecule has 2 atom stereocenters. The molecule has 0 heterocycles. The van der Waals surface area contributed by atoms with Crippen LogP contribution in [0.5, 0.6) is 0 Å². The fraction of sp³-hybridized carbons (Fsp3) is 0.889. The lowest BCUT2D eigenvalue weighted by Gasteiger charge is -2.38. The van der Waals surface area contributed by atoms with Gasteiger partial charge in [0.25, 0.3) is 0 Å². The van der Waals surface area contributed by atoms with E-state index in [1.54, 1.807) is 5.57 Å². The van der Waals surface area contributed by atoms with E-state index in [2.05, 4.69) is 34.3 Å². The molecule has 0 amide bonds. The first-order chi connectivity index (χ1) is 8.59. The van der Waals surface area contributed by atoms with Crippen molar-refractivity contribution in [3.05, 3.63) is 12.2 Å². The van der Waals surface area contributed by atoms with Crippen molar-refractivity contribution in [2.45, 2.75) is 85.5 Å². The Hall–Kier alpha value is -0.260. The molecule has 1 saturated carbocycles. The van der Waals surface area contributed by atoms with Gasteiger partial charge in [-0.3, -0.25) is 0 Å². The van der Waals surface area contributed by atoms with Crippen LogP contribution in [0.15, 0.2) is 12.2 Å². The normalized spacial score (nSPS) is 21.8. The summed E-state index contributed by atoms with van der Waals surface area (Å²) in [6.07, 6.45) is 12.4. The Morgan fingerprint density at radius 3 is 2.28 bits per heavy atom. The Morgan fingerprint density at radius 1 is 1.22 bits per heavy atom. The van der Waals surface area contributed by atoms with Gasteiger partial charge in [-0.1, -0.05) is 65.5 Å². The molecule has 0 saturated heterocycles. The van der Waals surface area contributed by atoms with Crippen LogP contribution in [0.3, 0.4) is 0 Å². The van der Waals surface area contributed by atoms with Crippen LogP contribution in [0.25, 0.3) is 0 Å². The second kappa shape index (κ2) is 7.36. The minimum Gasteiger partial charge on any atom is -0.0990 e. The van der Waals surface area contributed by atoms with Gasteiger partial charge < -0.3 is 0 Å². The number of allylic oxidation sites excluding steroid dienone is 1. The first-order valence-electron chi connectivity index (χ1n) is 8.28. The highest BCUT2D eigenvalue weighted by molar-refractivity contribution is 5.14. The molecule has 0 aromatic rings. The molecule has 106 valence electrons. The summed E-state index contributed by atoms with van der Waals surface area (Å²) in [5, 5.41) is 0. The third-order valence-corrected chi connectivity index (χ3v) is 5.49. The highest BCUT2D eigenvalue weighted by atomic mass is 14.4. The quantitative estimate of drug-likeness (QED) is 0.439. The van der Waals surface area contributed by atoms with Crippen LogP contribution < -0.4 is 0 Å². The molecule has 0 aliphatic heterocycles. The summed E-state index contributed by atoms with van der Waals surface area (Å²) >= 11 is 0. The van der Waals surface area contributed by atoms with Gasteiger partial charge in [-0.25, -0.2) is 0 Å². The van der Waals surface area contributed by atoms with E-state index in [1.165, 1.54) is 57.8 Å². The summed E-state index contributed by atoms with van der Waals surface area (Å²) in [7, 11) is 0. The number of unbranched alkanes of at least 4 members (excludes halogenated alkanes) is 1. The molecule has 1 aliphatic carbocycles. The van der Waals surface area contributed by atoms with E-state index in [0.29, 0.717) is 5.41 Å². The average molecular weight is 250 g/mol. The van der Waals surface area contributed by atoms with Crippen LogP contribution in [0.4, 0.5) is 0 Å². The Labute approximate surface area is 115 Å².